The van der Waals surface area contributed by atoms with Crippen molar-refractivity contribution in [3.05, 3.63) is 84.8 Å². The van der Waals surface area contributed by atoms with Gasteiger partial charge in [0.2, 0.25) is 0 Å². The normalized spacial score (nSPS) is 15.2. The molecule has 0 saturated carbocycles. The number of hydrogen-bond donors (Lipinski definition) is 2. The van der Waals surface area contributed by atoms with E-state index in [1.165, 1.54) is 36.0 Å². The van der Waals surface area contributed by atoms with Crippen molar-refractivity contribution >= 4 is 23.0 Å². The van der Waals surface area contributed by atoms with Gasteiger partial charge in [-0.1, -0.05) is 31.4 Å². The van der Waals surface area contributed by atoms with Crippen molar-refractivity contribution in [2.24, 2.45) is 5.73 Å². The van der Waals surface area contributed by atoms with Gasteiger partial charge in [0.1, 0.15) is 11.6 Å². The lowest BCUT2D eigenvalue weighted by Crippen LogP contribution is -2.30. The molecule has 1 saturated heterocycles. The molecule has 3 N–H and O–H groups in total. The van der Waals surface area contributed by atoms with E-state index in [0.717, 1.165) is 54.6 Å². The molecule has 0 radical (unpaired) electrons. The number of rotatable bonds is 7. The van der Waals surface area contributed by atoms with Gasteiger partial charge in [-0.15, -0.1) is 0 Å². The topological polar surface area (TPSA) is 70.3 Å². The van der Waals surface area contributed by atoms with E-state index >= 15 is 0 Å². The molecule has 3 aromatic rings. The van der Waals surface area contributed by atoms with E-state index in [1.54, 1.807) is 0 Å². The van der Waals surface area contributed by atoms with Crippen LogP contribution in [-0.2, 0) is 6.42 Å². The summed E-state index contributed by atoms with van der Waals surface area (Å²) in [6.45, 7) is 11.5. The van der Waals surface area contributed by atoms with Crippen LogP contribution in [0.1, 0.15) is 30.4 Å². The first kappa shape index (κ1) is 22.0. The van der Waals surface area contributed by atoms with Gasteiger partial charge in [-0.05, 0) is 66.6 Å². The molecular formula is C28H32N6. The summed E-state index contributed by atoms with van der Waals surface area (Å²) in [7, 11) is 0. The first-order chi connectivity index (χ1) is 16.6. The van der Waals surface area contributed by atoms with Crippen LogP contribution in [0.4, 0.5) is 17.3 Å². The number of aromatic nitrogens is 2. The lowest BCUT2D eigenvalue weighted by atomic mass is 9.97. The minimum absolute atomic E-state index is 0.508. The second kappa shape index (κ2) is 9.59. The third-order valence-corrected chi connectivity index (χ3v) is 6.64. The van der Waals surface area contributed by atoms with Crippen LogP contribution >= 0.6 is 0 Å². The van der Waals surface area contributed by atoms with Crippen molar-refractivity contribution in [1.29, 1.82) is 0 Å². The van der Waals surface area contributed by atoms with E-state index in [4.69, 9.17) is 10.7 Å². The molecule has 0 amide bonds. The molecule has 1 aromatic carbocycles. The van der Waals surface area contributed by atoms with Crippen molar-refractivity contribution < 1.29 is 0 Å². The molecule has 0 aliphatic carbocycles. The predicted molar refractivity (Wildman–Crippen MR) is 141 cm³/mol. The largest absolute Gasteiger partial charge is 0.401 e. The van der Waals surface area contributed by atoms with Gasteiger partial charge in [-0.25, -0.2) is 4.98 Å². The summed E-state index contributed by atoms with van der Waals surface area (Å²) in [4.78, 5) is 14.2. The molecule has 0 atom stereocenters. The SMILES string of the molecule is C=C(N)CNC(=C)c1cccc(-c2cc(N3CCCCC3)nc3c2CCN3c2ccncc2)c1. The standard InChI is InChI=1S/C28H32N6/c1-20(29)19-31-21(2)22-7-6-8-23(17-22)26-18-27(33-14-4-3-5-15-33)32-28-25(26)11-16-34(28)24-9-12-30-13-10-24/h6-10,12-13,17-18,31H,1-5,11,14-16,19,29H2. The summed E-state index contributed by atoms with van der Waals surface area (Å²) in [6.07, 6.45) is 8.38. The molecule has 2 aliphatic rings. The quantitative estimate of drug-likeness (QED) is 0.533. The Morgan fingerprint density at radius 3 is 2.56 bits per heavy atom. The highest BCUT2D eigenvalue weighted by Gasteiger charge is 2.28. The van der Waals surface area contributed by atoms with Crippen molar-refractivity contribution in [2.45, 2.75) is 25.7 Å². The third kappa shape index (κ3) is 4.49. The predicted octanol–water partition coefficient (Wildman–Crippen LogP) is 4.86. The van der Waals surface area contributed by atoms with Crippen LogP contribution < -0.4 is 20.9 Å². The first-order valence-electron chi connectivity index (χ1n) is 12.0. The zero-order chi connectivity index (χ0) is 23.5. The molecule has 1 fully saturated rings. The maximum Gasteiger partial charge on any atom is 0.139 e. The van der Waals surface area contributed by atoms with Crippen LogP contribution in [-0.4, -0.2) is 36.1 Å². The summed E-state index contributed by atoms with van der Waals surface area (Å²) in [5.74, 6) is 2.13. The van der Waals surface area contributed by atoms with Gasteiger partial charge >= 0.3 is 0 Å². The van der Waals surface area contributed by atoms with Gasteiger partial charge in [0.25, 0.3) is 0 Å². The van der Waals surface area contributed by atoms with Gasteiger partial charge in [0.05, 0.1) is 6.54 Å². The fourth-order valence-electron chi connectivity index (χ4n) is 4.86. The summed E-state index contributed by atoms with van der Waals surface area (Å²) in [5.41, 5.74) is 13.1. The van der Waals surface area contributed by atoms with E-state index in [2.05, 4.69) is 75.7 Å². The number of nitrogens with zero attached hydrogens (tertiary/aromatic N) is 4. The average molecular weight is 453 g/mol. The Hall–Kier alpha value is -3.80. The molecule has 6 heteroatoms. The summed E-state index contributed by atoms with van der Waals surface area (Å²) >= 11 is 0. The van der Waals surface area contributed by atoms with Gasteiger partial charge in [-0.2, -0.15) is 0 Å². The summed E-state index contributed by atoms with van der Waals surface area (Å²) < 4.78 is 0. The fraction of sp³-hybridized carbons (Fsp3) is 0.286. The van der Waals surface area contributed by atoms with E-state index < -0.39 is 0 Å². The van der Waals surface area contributed by atoms with Crippen molar-refractivity contribution in [3.8, 4) is 11.1 Å². The molecule has 34 heavy (non-hydrogen) atoms. The number of hydrogen-bond acceptors (Lipinski definition) is 6. The smallest absolute Gasteiger partial charge is 0.139 e. The number of benzene rings is 1. The van der Waals surface area contributed by atoms with Crippen LogP contribution in [0.5, 0.6) is 0 Å². The Morgan fingerprint density at radius 1 is 1.00 bits per heavy atom. The van der Waals surface area contributed by atoms with Gasteiger partial charge in [0, 0.05) is 54.7 Å². The number of nitrogens with two attached hydrogens (primary N) is 1. The Morgan fingerprint density at radius 2 is 1.79 bits per heavy atom. The molecule has 0 unspecified atom stereocenters. The van der Waals surface area contributed by atoms with Gasteiger partial charge < -0.3 is 20.9 Å². The minimum Gasteiger partial charge on any atom is -0.401 e. The van der Waals surface area contributed by atoms with Crippen LogP contribution in [0.25, 0.3) is 16.8 Å². The number of nitrogens with one attached hydrogen (secondary N) is 1. The number of pyridine rings is 2. The Balaban J connectivity index is 1.57. The highest BCUT2D eigenvalue weighted by atomic mass is 15.3. The lowest BCUT2D eigenvalue weighted by molar-refractivity contribution is 0.573. The molecule has 0 bridgehead atoms. The minimum atomic E-state index is 0.508. The lowest BCUT2D eigenvalue weighted by Gasteiger charge is -2.29. The highest BCUT2D eigenvalue weighted by molar-refractivity contribution is 5.82. The average Bonchev–Trinajstić information content (AvgIpc) is 3.32. The van der Waals surface area contributed by atoms with E-state index in [0.29, 0.717) is 12.2 Å². The molecule has 174 valence electrons. The maximum atomic E-state index is 5.73. The Bertz CT molecular complexity index is 1200. The van der Waals surface area contributed by atoms with Crippen LogP contribution in [0.3, 0.4) is 0 Å². The molecule has 4 heterocycles. The fourth-order valence-corrected chi connectivity index (χ4v) is 4.86. The number of piperidine rings is 1. The van der Waals surface area contributed by atoms with Crippen molar-refractivity contribution in [3.63, 3.8) is 0 Å². The van der Waals surface area contributed by atoms with E-state index in [1.807, 2.05) is 12.4 Å². The molecule has 5 rings (SSSR count). The van der Waals surface area contributed by atoms with Crippen molar-refractivity contribution in [2.75, 3.05) is 36.0 Å². The number of anilines is 3. The highest BCUT2D eigenvalue weighted by Crippen LogP contribution is 2.41. The number of fused-ring (bicyclic) bond motifs is 1. The van der Waals surface area contributed by atoms with Crippen molar-refractivity contribution in [1.82, 2.24) is 15.3 Å². The van der Waals surface area contributed by atoms with Crippen LogP contribution in [0.2, 0.25) is 0 Å². The van der Waals surface area contributed by atoms with Gasteiger partial charge in [0.15, 0.2) is 0 Å². The molecule has 6 nitrogen and oxygen atoms in total. The third-order valence-electron chi connectivity index (χ3n) is 6.64. The van der Waals surface area contributed by atoms with Crippen LogP contribution in [0, 0.1) is 0 Å². The Kier molecular flexibility index (Phi) is 6.21. The molecule has 2 aliphatic heterocycles. The second-order valence-corrected chi connectivity index (χ2v) is 9.06. The maximum absolute atomic E-state index is 5.73. The molecular weight excluding hydrogens is 420 g/mol. The van der Waals surface area contributed by atoms with Gasteiger partial charge in [-0.3, -0.25) is 4.98 Å². The zero-order valence-electron chi connectivity index (χ0n) is 19.6. The Labute approximate surface area is 201 Å². The second-order valence-electron chi connectivity index (χ2n) is 9.06. The monoisotopic (exact) mass is 452 g/mol. The zero-order valence-corrected chi connectivity index (χ0v) is 19.6. The first-order valence-corrected chi connectivity index (χ1v) is 12.0. The summed E-state index contributed by atoms with van der Waals surface area (Å²) in [6, 6.07) is 15.0. The molecule has 0 spiro atoms. The molecule has 2 aromatic heterocycles. The van der Waals surface area contributed by atoms with E-state index in [-0.39, 0.29) is 0 Å². The summed E-state index contributed by atoms with van der Waals surface area (Å²) in [5, 5.41) is 3.27. The van der Waals surface area contributed by atoms with E-state index in [9.17, 15) is 0 Å². The van der Waals surface area contributed by atoms with Crippen LogP contribution in [0.15, 0.2) is 73.7 Å².